The van der Waals surface area contributed by atoms with Crippen LogP contribution in [0.5, 0.6) is 0 Å². The number of sulfonamides is 1. The van der Waals surface area contributed by atoms with E-state index < -0.39 is 10.0 Å². The summed E-state index contributed by atoms with van der Waals surface area (Å²) < 4.78 is 26.3. The fourth-order valence-corrected chi connectivity index (χ4v) is 4.34. The smallest absolute Gasteiger partial charge is 0.233 e. The molecule has 2 rings (SSSR count). The molecule has 2 N–H and O–H groups in total. The third-order valence-corrected chi connectivity index (χ3v) is 5.05. The summed E-state index contributed by atoms with van der Waals surface area (Å²) >= 11 is 1.41. The zero-order valence-corrected chi connectivity index (χ0v) is 10.6. The molecule has 2 heterocycles. The van der Waals surface area contributed by atoms with Crippen molar-refractivity contribution in [2.45, 2.75) is 12.8 Å². The molecule has 0 amide bonds. The molecule has 90 valence electrons. The maximum atomic E-state index is 11.8. The molecule has 1 aromatic rings. The van der Waals surface area contributed by atoms with Crippen molar-refractivity contribution >= 4 is 26.4 Å². The van der Waals surface area contributed by atoms with Gasteiger partial charge in [0.1, 0.15) is 5.00 Å². The average molecular weight is 260 g/mol. The molecule has 1 aromatic heterocycles. The van der Waals surface area contributed by atoms with E-state index in [0.717, 1.165) is 25.9 Å². The van der Waals surface area contributed by atoms with E-state index in [9.17, 15) is 8.42 Å². The lowest BCUT2D eigenvalue weighted by Crippen LogP contribution is -2.32. The van der Waals surface area contributed by atoms with Gasteiger partial charge in [-0.1, -0.05) is 0 Å². The fourth-order valence-electron chi connectivity index (χ4n) is 1.89. The second-order valence-corrected chi connectivity index (χ2v) is 6.77. The Labute approximate surface area is 100 Å². The number of thiophene rings is 1. The first-order valence-electron chi connectivity index (χ1n) is 5.40. The molecule has 6 heteroatoms. The standard InChI is InChI=1S/C10H16N2O2S2/c13-16(14,12-10-2-1-7-15-10)8-9-3-5-11-6-4-9/h1-2,7,9,11-12H,3-6,8H2. The highest BCUT2D eigenvalue weighted by Gasteiger charge is 2.21. The molecule has 0 spiro atoms. The van der Waals surface area contributed by atoms with Gasteiger partial charge in [-0.15, -0.1) is 11.3 Å². The molecule has 1 saturated heterocycles. The Morgan fingerprint density at radius 1 is 1.44 bits per heavy atom. The summed E-state index contributed by atoms with van der Waals surface area (Å²) in [5.74, 6) is 0.533. The minimum Gasteiger partial charge on any atom is -0.317 e. The molecular weight excluding hydrogens is 244 g/mol. The fraction of sp³-hybridized carbons (Fsp3) is 0.600. The van der Waals surface area contributed by atoms with Crippen LogP contribution in [0, 0.1) is 5.92 Å². The number of rotatable bonds is 4. The summed E-state index contributed by atoms with van der Waals surface area (Å²) in [5.41, 5.74) is 0. The van der Waals surface area contributed by atoms with Crippen LogP contribution in [0.2, 0.25) is 0 Å². The van der Waals surface area contributed by atoms with Crippen LogP contribution in [0.3, 0.4) is 0 Å². The van der Waals surface area contributed by atoms with E-state index in [1.807, 2.05) is 11.4 Å². The molecule has 16 heavy (non-hydrogen) atoms. The van der Waals surface area contributed by atoms with E-state index in [4.69, 9.17) is 0 Å². The van der Waals surface area contributed by atoms with E-state index in [-0.39, 0.29) is 5.75 Å². The van der Waals surface area contributed by atoms with E-state index in [1.54, 1.807) is 6.07 Å². The van der Waals surface area contributed by atoms with Gasteiger partial charge >= 0.3 is 0 Å². The molecule has 0 atom stereocenters. The highest BCUT2D eigenvalue weighted by molar-refractivity contribution is 7.92. The van der Waals surface area contributed by atoms with Crippen LogP contribution < -0.4 is 10.0 Å². The molecule has 0 unspecified atom stereocenters. The Balaban J connectivity index is 1.92. The molecular formula is C10H16N2O2S2. The molecule has 0 saturated carbocycles. The Kier molecular flexibility index (Phi) is 3.83. The summed E-state index contributed by atoms with van der Waals surface area (Å²) in [4.78, 5) is 0. The highest BCUT2D eigenvalue weighted by Crippen LogP contribution is 2.19. The lowest BCUT2D eigenvalue weighted by Gasteiger charge is -2.22. The van der Waals surface area contributed by atoms with Crippen molar-refractivity contribution < 1.29 is 8.42 Å². The van der Waals surface area contributed by atoms with Gasteiger partial charge in [0.15, 0.2) is 0 Å². The van der Waals surface area contributed by atoms with E-state index >= 15 is 0 Å². The maximum absolute atomic E-state index is 11.8. The number of piperidine rings is 1. The summed E-state index contributed by atoms with van der Waals surface area (Å²) in [5, 5.41) is 5.80. The van der Waals surface area contributed by atoms with Crippen LogP contribution in [0.25, 0.3) is 0 Å². The first-order valence-corrected chi connectivity index (χ1v) is 7.94. The maximum Gasteiger partial charge on any atom is 0.233 e. The topological polar surface area (TPSA) is 58.2 Å². The second-order valence-electron chi connectivity index (χ2n) is 4.05. The van der Waals surface area contributed by atoms with Crippen molar-refractivity contribution in [2.24, 2.45) is 5.92 Å². The van der Waals surface area contributed by atoms with Crippen molar-refractivity contribution in [3.63, 3.8) is 0 Å². The van der Waals surface area contributed by atoms with E-state index in [0.29, 0.717) is 10.9 Å². The van der Waals surface area contributed by atoms with Gasteiger partial charge < -0.3 is 5.32 Å². The van der Waals surface area contributed by atoms with Crippen molar-refractivity contribution in [3.8, 4) is 0 Å². The summed E-state index contributed by atoms with van der Waals surface area (Å²) in [6.07, 6.45) is 1.90. The first kappa shape index (κ1) is 11.9. The van der Waals surface area contributed by atoms with Crippen molar-refractivity contribution in [1.29, 1.82) is 0 Å². The van der Waals surface area contributed by atoms with Crippen LogP contribution >= 0.6 is 11.3 Å². The van der Waals surface area contributed by atoms with E-state index in [1.165, 1.54) is 11.3 Å². The van der Waals surface area contributed by atoms with Crippen LogP contribution in [0.4, 0.5) is 5.00 Å². The lowest BCUT2D eigenvalue weighted by atomic mass is 10.0. The van der Waals surface area contributed by atoms with Gasteiger partial charge in [-0.2, -0.15) is 0 Å². The normalized spacial score (nSPS) is 18.5. The predicted molar refractivity (Wildman–Crippen MR) is 67.3 cm³/mol. The number of anilines is 1. The summed E-state index contributed by atoms with van der Waals surface area (Å²) in [7, 11) is -3.17. The third kappa shape index (κ3) is 3.47. The Bertz CT molecular complexity index is 408. The molecule has 1 aliphatic heterocycles. The van der Waals surface area contributed by atoms with Gasteiger partial charge in [0.25, 0.3) is 0 Å². The Morgan fingerprint density at radius 3 is 2.81 bits per heavy atom. The van der Waals surface area contributed by atoms with E-state index in [2.05, 4.69) is 10.0 Å². The van der Waals surface area contributed by atoms with Gasteiger partial charge in [0, 0.05) is 0 Å². The number of hydrogen-bond acceptors (Lipinski definition) is 4. The Hall–Kier alpha value is -0.590. The van der Waals surface area contributed by atoms with Crippen LogP contribution in [-0.4, -0.2) is 27.3 Å². The monoisotopic (exact) mass is 260 g/mol. The van der Waals surface area contributed by atoms with Crippen LogP contribution in [0.1, 0.15) is 12.8 Å². The molecule has 1 aliphatic rings. The molecule has 0 aromatic carbocycles. The van der Waals surface area contributed by atoms with Gasteiger partial charge in [-0.25, -0.2) is 8.42 Å². The number of hydrogen-bond donors (Lipinski definition) is 2. The second kappa shape index (κ2) is 5.16. The predicted octanol–water partition coefficient (Wildman–Crippen LogP) is 1.49. The molecule has 1 fully saturated rings. The summed E-state index contributed by atoms with van der Waals surface area (Å²) in [6.45, 7) is 1.86. The zero-order chi connectivity index (χ0) is 11.4. The summed E-state index contributed by atoms with van der Waals surface area (Å²) in [6, 6.07) is 3.62. The van der Waals surface area contributed by atoms with Gasteiger partial charge in [-0.05, 0) is 49.4 Å². The zero-order valence-electron chi connectivity index (χ0n) is 8.98. The molecule has 0 aliphatic carbocycles. The van der Waals surface area contributed by atoms with Crippen LogP contribution in [-0.2, 0) is 10.0 Å². The quantitative estimate of drug-likeness (QED) is 0.862. The minimum atomic E-state index is -3.17. The molecule has 0 bridgehead atoms. The van der Waals surface area contributed by atoms with Crippen molar-refractivity contribution in [2.75, 3.05) is 23.6 Å². The van der Waals surface area contributed by atoms with Gasteiger partial charge in [0.05, 0.1) is 5.75 Å². The van der Waals surface area contributed by atoms with Crippen molar-refractivity contribution in [3.05, 3.63) is 17.5 Å². The first-order chi connectivity index (χ1) is 7.66. The number of nitrogens with one attached hydrogen (secondary N) is 2. The van der Waals surface area contributed by atoms with Crippen molar-refractivity contribution in [1.82, 2.24) is 5.32 Å². The minimum absolute atomic E-state index is 0.243. The average Bonchev–Trinajstić information content (AvgIpc) is 2.70. The Morgan fingerprint density at radius 2 is 2.19 bits per heavy atom. The van der Waals surface area contributed by atoms with Crippen LogP contribution in [0.15, 0.2) is 17.5 Å². The highest BCUT2D eigenvalue weighted by atomic mass is 32.2. The van der Waals surface area contributed by atoms with Gasteiger partial charge in [-0.3, -0.25) is 4.72 Å². The molecule has 4 nitrogen and oxygen atoms in total. The molecule has 0 radical (unpaired) electrons. The third-order valence-electron chi connectivity index (χ3n) is 2.69. The lowest BCUT2D eigenvalue weighted by molar-refractivity contribution is 0.402. The SMILES string of the molecule is O=S(=O)(CC1CCNCC1)Nc1cccs1. The van der Waals surface area contributed by atoms with Gasteiger partial charge in [0.2, 0.25) is 10.0 Å². The largest absolute Gasteiger partial charge is 0.317 e.